The van der Waals surface area contributed by atoms with E-state index in [2.05, 4.69) is 21.3 Å². The summed E-state index contributed by atoms with van der Waals surface area (Å²) in [5.74, 6) is 0.291. The minimum atomic E-state index is -0.307. The lowest BCUT2D eigenvalue weighted by atomic mass is 9.96. The molecule has 0 bridgehead atoms. The molecule has 8 nitrogen and oxygen atoms in total. The molecule has 1 N–H and O–H groups in total. The van der Waals surface area contributed by atoms with Gasteiger partial charge in [0.1, 0.15) is 6.10 Å². The lowest BCUT2D eigenvalue weighted by Gasteiger charge is -2.41. The summed E-state index contributed by atoms with van der Waals surface area (Å²) in [5.41, 5.74) is 3.57. The van der Waals surface area contributed by atoms with Crippen LogP contribution in [0.5, 0.6) is 0 Å². The molecule has 2 saturated carbocycles. The number of fused-ring (bicyclic) bond motifs is 1. The number of benzene rings is 1. The molecular formula is C26H33N5O3. The first-order chi connectivity index (χ1) is 16.6. The number of rotatable bonds is 4. The zero-order valence-corrected chi connectivity index (χ0v) is 19.8. The molecule has 0 radical (unpaired) electrons. The van der Waals surface area contributed by atoms with E-state index in [-0.39, 0.29) is 30.1 Å². The summed E-state index contributed by atoms with van der Waals surface area (Å²) >= 11 is 0. The highest BCUT2D eigenvalue weighted by Gasteiger charge is 2.42. The number of hydrogen-bond donors (Lipinski definition) is 1. The molecule has 2 aliphatic carbocycles. The first-order valence-electron chi connectivity index (χ1n) is 12.8. The Kier molecular flexibility index (Phi) is 5.56. The Balaban J connectivity index is 1.34. The maximum atomic E-state index is 13.2. The van der Waals surface area contributed by atoms with Gasteiger partial charge in [0.25, 0.3) is 0 Å². The predicted octanol–water partition coefficient (Wildman–Crippen LogP) is 4.12. The molecule has 3 heterocycles. The van der Waals surface area contributed by atoms with Gasteiger partial charge in [-0.1, -0.05) is 6.07 Å². The maximum Gasteiger partial charge on any atom is 0.414 e. The van der Waals surface area contributed by atoms with Gasteiger partial charge in [0.05, 0.1) is 29.7 Å². The number of nitrogens with zero attached hydrogens (tertiary/aromatic N) is 4. The van der Waals surface area contributed by atoms with Crippen LogP contribution in [0.4, 0.5) is 16.2 Å². The monoisotopic (exact) mass is 463 g/mol. The van der Waals surface area contributed by atoms with Crippen molar-refractivity contribution in [3.63, 3.8) is 0 Å². The minimum Gasteiger partial charge on any atom is -0.446 e. The Morgan fingerprint density at radius 2 is 1.82 bits per heavy atom. The van der Waals surface area contributed by atoms with Gasteiger partial charge in [0.15, 0.2) is 0 Å². The van der Waals surface area contributed by atoms with Crippen molar-refractivity contribution in [3.8, 4) is 11.1 Å². The molecule has 2 aliphatic heterocycles. The van der Waals surface area contributed by atoms with E-state index in [0.717, 1.165) is 80.5 Å². The smallest absolute Gasteiger partial charge is 0.414 e. The zero-order chi connectivity index (χ0) is 23.2. The van der Waals surface area contributed by atoms with Crippen molar-refractivity contribution in [2.75, 3.05) is 29.4 Å². The Morgan fingerprint density at radius 3 is 2.53 bits per heavy atom. The number of nitrogens with one attached hydrogen (secondary N) is 1. The summed E-state index contributed by atoms with van der Waals surface area (Å²) < 4.78 is 7.85. The average molecular weight is 464 g/mol. The molecule has 1 saturated heterocycles. The molecule has 2 amide bonds. The van der Waals surface area contributed by atoms with Crippen LogP contribution >= 0.6 is 0 Å². The maximum absolute atomic E-state index is 13.2. The fraction of sp³-hybridized carbons (Fsp3) is 0.577. The summed E-state index contributed by atoms with van der Waals surface area (Å²) in [4.78, 5) is 30.0. The molecule has 1 atom stereocenters. The van der Waals surface area contributed by atoms with E-state index in [4.69, 9.17) is 4.74 Å². The van der Waals surface area contributed by atoms with Gasteiger partial charge in [-0.05, 0) is 82.7 Å². The normalized spacial score (nSPS) is 23.4. The van der Waals surface area contributed by atoms with Gasteiger partial charge in [0.2, 0.25) is 5.91 Å². The van der Waals surface area contributed by atoms with Crippen molar-refractivity contribution in [2.45, 2.75) is 70.1 Å². The molecule has 0 spiro atoms. The van der Waals surface area contributed by atoms with Gasteiger partial charge < -0.3 is 15.0 Å². The quantitative estimate of drug-likeness (QED) is 0.738. The van der Waals surface area contributed by atoms with Gasteiger partial charge >= 0.3 is 6.09 Å². The second-order valence-corrected chi connectivity index (χ2v) is 10.3. The largest absolute Gasteiger partial charge is 0.446 e. The topological polar surface area (TPSA) is 79.7 Å². The number of piperidine rings is 1. The van der Waals surface area contributed by atoms with Crippen LogP contribution in [0.15, 0.2) is 30.6 Å². The van der Waals surface area contributed by atoms with Gasteiger partial charge in [0, 0.05) is 24.2 Å². The summed E-state index contributed by atoms with van der Waals surface area (Å²) in [6.45, 7) is 4.48. The number of anilines is 2. The molecule has 34 heavy (non-hydrogen) atoms. The van der Waals surface area contributed by atoms with Crippen LogP contribution in [-0.4, -0.2) is 53.6 Å². The summed E-state index contributed by atoms with van der Waals surface area (Å²) in [7, 11) is 0. The van der Waals surface area contributed by atoms with Crippen LogP contribution in [0, 0.1) is 5.92 Å². The van der Waals surface area contributed by atoms with Crippen molar-refractivity contribution in [3.05, 3.63) is 30.6 Å². The number of carbonyl (C=O) groups excluding carboxylic acids is 2. The molecule has 180 valence electrons. The van der Waals surface area contributed by atoms with E-state index in [1.165, 1.54) is 0 Å². The molecular weight excluding hydrogens is 430 g/mol. The number of hydrogen-bond acceptors (Lipinski definition) is 5. The van der Waals surface area contributed by atoms with E-state index < -0.39 is 0 Å². The van der Waals surface area contributed by atoms with E-state index in [9.17, 15) is 9.59 Å². The van der Waals surface area contributed by atoms with Crippen LogP contribution in [0.3, 0.4) is 0 Å². The van der Waals surface area contributed by atoms with Crippen LogP contribution in [-0.2, 0) is 9.53 Å². The zero-order valence-electron chi connectivity index (χ0n) is 19.8. The highest BCUT2D eigenvalue weighted by molar-refractivity contribution is 6.05. The number of amides is 2. The Labute approximate surface area is 200 Å². The fourth-order valence-corrected chi connectivity index (χ4v) is 5.29. The fourth-order valence-electron chi connectivity index (χ4n) is 5.29. The molecule has 1 aromatic carbocycles. The molecule has 3 fully saturated rings. The second kappa shape index (κ2) is 8.73. The van der Waals surface area contributed by atoms with Gasteiger partial charge in [-0.25, -0.2) is 4.79 Å². The molecule has 4 aliphatic rings. The molecule has 0 unspecified atom stereocenters. The highest BCUT2D eigenvalue weighted by Crippen LogP contribution is 2.42. The third-order valence-corrected chi connectivity index (χ3v) is 7.74. The minimum absolute atomic E-state index is 0.0174. The van der Waals surface area contributed by atoms with Gasteiger partial charge in [-0.15, -0.1) is 0 Å². The van der Waals surface area contributed by atoms with Crippen molar-refractivity contribution < 1.29 is 14.3 Å². The summed E-state index contributed by atoms with van der Waals surface area (Å²) in [6.07, 6.45) is 10.8. The molecule has 6 rings (SSSR count). The first-order valence-corrected chi connectivity index (χ1v) is 12.8. The number of ether oxygens (including phenoxy) is 1. The van der Waals surface area contributed by atoms with Crippen molar-refractivity contribution >= 4 is 23.4 Å². The Hall–Kier alpha value is -2.87. The van der Waals surface area contributed by atoms with Crippen molar-refractivity contribution in [2.24, 2.45) is 5.92 Å². The third kappa shape index (κ3) is 3.98. The number of aromatic nitrogens is 2. The van der Waals surface area contributed by atoms with Crippen LogP contribution in [0.1, 0.15) is 57.9 Å². The van der Waals surface area contributed by atoms with E-state index >= 15 is 0 Å². The molecule has 8 heteroatoms. The van der Waals surface area contributed by atoms with Crippen molar-refractivity contribution in [1.82, 2.24) is 15.1 Å². The van der Waals surface area contributed by atoms with E-state index in [1.54, 1.807) is 4.90 Å². The van der Waals surface area contributed by atoms with Crippen LogP contribution in [0.25, 0.3) is 11.1 Å². The van der Waals surface area contributed by atoms with Gasteiger partial charge in [-0.3, -0.25) is 14.4 Å². The first kappa shape index (κ1) is 21.6. The van der Waals surface area contributed by atoms with Crippen LogP contribution < -0.4 is 15.1 Å². The summed E-state index contributed by atoms with van der Waals surface area (Å²) in [5, 5.41) is 8.05. The lowest BCUT2D eigenvalue weighted by Crippen LogP contribution is -2.53. The van der Waals surface area contributed by atoms with E-state index in [0.29, 0.717) is 12.6 Å². The number of carbonyl (C=O) groups is 2. The summed E-state index contributed by atoms with van der Waals surface area (Å²) in [6, 6.07) is 6.38. The SMILES string of the molecule is C[C@H]1CN(C(=O)OC2CCC2)c2cc(-c3cnn(C4CCNCC4)c3)ccc2N1C(=O)C1CC1. The third-order valence-electron chi connectivity index (χ3n) is 7.74. The van der Waals surface area contributed by atoms with Crippen molar-refractivity contribution in [1.29, 1.82) is 0 Å². The Morgan fingerprint density at radius 1 is 1.03 bits per heavy atom. The van der Waals surface area contributed by atoms with Crippen LogP contribution in [0.2, 0.25) is 0 Å². The Bertz CT molecular complexity index is 1080. The lowest BCUT2D eigenvalue weighted by molar-refractivity contribution is -0.120. The standard InChI is InChI=1S/C26H33N5O3/c1-17-15-29(26(33)34-22-3-2-4-22)24-13-19(7-8-23(24)31(17)25(32)18-5-6-18)20-14-28-30(16-20)21-9-11-27-12-10-21/h7-8,13-14,16-18,21-22,27H,2-6,9-12,15H2,1H3/t17-/m0/s1. The predicted molar refractivity (Wildman–Crippen MR) is 130 cm³/mol. The van der Waals surface area contributed by atoms with Gasteiger partial charge in [-0.2, -0.15) is 5.10 Å². The highest BCUT2D eigenvalue weighted by atomic mass is 16.6. The molecule has 1 aromatic heterocycles. The second-order valence-electron chi connectivity index (χ2n) is 10.3. The molecule has 2 aromatic rings. The average Bonchev–Trinajstić information content (AvgIpc) is 3.57. The van der Waals surface area contributed by atoms with E-state index in [1.807, 2.05) is 36.2 Å².